The number of benzene rings is 2. The van der Waals surface area contributed by atoms with Crippen LogP contribution in [-0.2, 0) is 0 Å². The molecule has 4 rings (SSSR count). The Kier molecular flexibility index (Phi) is 4.94. The van der Waals surface area contributed by atoms with Crippen molar-refractivity contribution in [3.8, 4) is 5.75 Å². The normalized spacial score (nSPS) is 14.5. The Bertz CT molecular complexity index is 989. The van der Waals surface area contributed by atoms with Gasteiger partial charge in [-0.3, -0.25) is 4.79 Å². The van der Waals surface area contributed by atoms with Gasteiger partial charge in [0.25, 0.3) is 5.91 Å². The van der Waals surface area contributed by atoms with E-state index in [1.165, 1.54) is 12.1 Å². The van der Waals surface area contributed by atoms with Crippen LogP contribution >= 0.6 is 0 Å². The zero-order chi connectivity index (χ0) is 19.7. The average Bonchev–Trinajstić information content (AvgIpc) is 3.05. The van der Waals surface area contributed by atoms with Crippen LogP contribution in [0.3, 0.4) is 0 Å². The molecule has 5 nitrogen and oxygen atoms in total. The summed E-state index contributed by atoms with van der Waals surface area (Å²) < 4.78 is 24.5. The number of hydrogen-bond acceptors (Lipinski definition) is 4. The molecule has 2 aromatic carbocycles. The lowest BCUT2D eigenvalue weighted by Gasteiger charge is -2.35. The molecule has 146 valence electrons. The van der Waals surface area contributed by atoms with Crippen molar-refractivity contribution in [2.45, 2.75) is 13.8 Å². The first-order valence-electron chi connectivity index (χ1n) is 9.52. The fourth-order valence-electron chi connectivity index (χ4n) is 3.62. The topological polar surface area (TPSA) is 45.9 Å². The van der Waals surface area contributed by atoms with E-state index in [1.807, 2.05) is 36.9 Å². The smallest absolute Gasteiger partial charge is 0.290 e. The number of ether oxygens (including phenoxy) is 1. The Morgan fingerprint density at radius 3 is 2.50 bits per heavy atom. The first kappa shape index (κ1) is 18.3. The van der Waals surface area contributed by atoms with Crippen LogP contribution in [0.2, 0.25) is 0 Å². The minimum absolute atomic E-state index is 0.0922. The molecule has 6 heteroatoms. The molecule has 1 amide bonds. The predicted octanol–water partition coefficient (Wildman–Crippen LogP) is 4.24. The molecular weight excluding hydrogens is 359 g/mol. The summed E-state index contributed by atoms with van der Waals surface area (Å²) in [4.78, 5) is 17.0. The van der Waals surface area contributed by atoms with Gasteiger partial charge in [-0.15, -0.1) is 0 Å². The minimum atomic E-state index is -0.245. The van der Waals surface area contributed by atoms with Gasteiger partial charge in [0, 0.05) is 42.8 Å². The molecule has 0 saturated carbocycles. The lowest BCUT2D eigenvalue weighted by atomic mass is 10.1. The van der Waals surface area contributed by atoms with Crippen LogP contribution in [-0.4, -0.2) is 43.6 Å². The summed E-state index contributed by atoms with van der Waals surface area (Å²) in [7, 11) is 0. The first-order valence-corrected chi connectivity index (χ1v) is 9.52. The lowest BCUT2D eigenvalue weighted by Crippen LogP contribution is -2.48. The fourth-order valence-corrected chi connectivity index (χ4v) is 3.62. The molecule has 1 fully saturated rings. The van der Waals surface area contributed by atoms with Crippen molar-refractivity contribution in [3.63, 3.8) is 0 Å². The number of halogens is 1. The number of carbonyl (C=O) groups excluding carboxylic acids is 1. The van der Waals surface area contributed by atoms with Gasteiger partial charge in [0.1, 0.15) is 17.1 Å². The number of furan rings is 1. The maximum atomic E-state index is 13.1. The Labute approximate surface area is 163 Å². The van der Waals surface area contributed by atoms with Crippen molar-refractivity contribution in [2.24, 2.45) is 0 Å². The molecule has 2 heterocycles. The van der Waals surface area contributed by atoms with Crippen LogP contribution in [0.4, 0.5) is 10.1 Å². The number of carbonyl (C=O) groups is 1. The van der Waals surface area contributed by atoms with Gasteiger partial charge < -0.3 is 19.0 Å². The Hall–Kier alpha value is -3.02. The number of nitrogens with zero attached hydrogens (tertiary/aromatic N) is 2. The molecule has 1 saturated heterocycles. The SMILES string of the molecule is CCOc1ccc2oc(C(=O)N3CCN(c4ccc(F)cc4)CC3)c(C)c2c1. The standard InChI is InChI=1S/C22H23FN2O3/c1-3-27-18-8-9-20-19(14-18)15(2)21(28-20)22(26)25-12-10-24(11-13-25)17-6-4-16(23)5-7-17/h4-9,14H,3,10-13H2,1-2H3. The highest BCUT2D eigenvalue weighted by Gasteiger charge is 2.27. The number of rotatable bonds is 4. The van der Waals surface area contributed by atoms with Crippen molar-refractivity contribution < 1.29 is 18.3 Å². The molecule has 0 bridgehead atoms. The van der Waals surface area contributed by atoms with Crippen LogP contribution in [0.1, 0.15) is 23.0 Å². The van der Waals surface area contributed by atoms with Crippen molar-refractivity contribution in [1.29, 1.82) is 0 Å². The minimum Gasteiger partial charge on any atom is -0.494 e. The van der Waals surface area contributed by atoms with Crippen molar-refractivity contribution >= 4 is 22.6 Å². The van der Waals surface area contributed by atoms with Gasteiger partial charge in [0.15, 0.2) is 5.76 Å². The number of anilines is 1. The molecule has 0 unspecified atom stereocenters. The van der Waals surface area contributed by atoms with Crippen LogP contribution < -0.4 is 9.64 Å². The van der Waals surface area contributed by atoms with E-state index in [0.717, 1.165) is 22.4 Å². The zero-order valence-corrected chi connectivity index (χ0v) is 16.1. The van der Waals surface area contributed by atoms with E-state index < -0.39 is 0 Å². The summed E-state index contributed by atoms with van der Waals surface area (Å²) in [5.74, 6) is 0.820. The van der Waals surface area contributed by atoms with E-state index in [4.69, 9.17) is 9.15 Å². The summed E-state index contributed by atoms with van der Waals surface area (Å²) in [6, 6.07) is 12.1. The van der Waals surface area contributed by atoms with Gasteiger partial charge in [0.2, 0.25) is 0 Å². The van der Waals surface area contributed by atoms with Gasteiger partial charge in [-0.1, -0.05) is 0 Å². The van der Waals surface area contributed by atoms with E-state index in [1.54, 1.807) is 12.1 Å². The summed E-state index contributed by atoms with van der Waals surface area (Å²) in [6.45, 7) is 7.02. The second-order valence-corrected chi connectivity index (χ2v) is 6.90. The van der Waals surface area contributed by atoms with E-state index in [9.17, 15) is 9.18 Å². The summed E-state index contributed by atoms with van der Waals surface area (Å²) in [5, 5.41) is 0.902. The molecule has 1 aliphatic rings. The van der Waals surface area contributed by atoms with Gasteiger partial charge in [-0.2, -0.15) is 0 Å². The molecule has 1 aliphatic heterocycles. The monoisotopic (exact) mass is 382 g/mol. The molecule has 1 aromatic heterocycles. The van der Waals surface area contributed by atoms with Crippen LogP contribution in [0.5, 0.6) is 5.75 Å². The first-order chi connectivity index (χ1) is 13.6. The molecule has 0 radical (unpaired) electrons. The van der Waals surface area contributed by atoms with Gasteiger partial charge in [-0.25, -0.2) is 4.39 Å². The number of hydrogen-bond donors (Lipinski definition) is 0. The third kappa shape index (κ3) is 3.42. The maximum Gasteiger partial charge on any atom is 0.290 e. The van der Waals surface area contributed by atoms with E-state index in [-0.39, 0.29) is 11.7 Å². The van der Waals surface area contributed by atoms with Crippen molar-refractivity contribution in [2.75, 3.05) is 37.7 Å². The van der Waals surface area contributed by atoms with Gasteiger partial charge in [0.05, 0.1) is 6.61 Å². The Morgan fingerprint density at radius 1 is 1.11 bits per heavy atom. The Morgan fingerprint density at radius 2 is 1.82 bits per heavy atom. The molecule has 0 aliphatic carbocycles. The number of piperazine rings is 1. The zero-order valence-electron chi connectivity index (χ0n) is 16.1. The molecule has 28 heavy (non-hydrogen) atoms. The largest absolute Gasteiger partial charge is 0.494 e. The highest BCUT2D eigenvalue weighted by atomic mass is 19.1. The van der Waals surface area contributed by atoms with Gasteiger partial charge in [-0.05, 0) is 56.3 Å². The van der Waals surface area contributed by atoms with Crippen LogP contribution in [0.25, 0.3) is 11.0 Å². The van der Waals surface area contributed by atoms with Crippen molar-refractivity contribution in [1.82, 2.24) is 4.90 Å². The van der Waals surface area contributed by atoms with Gasteiger partial charge >= 0.3 is 0 Å². The highest BCUT2D eigenvalue weighted by Crippen LogP contribution is 2.30. The van der Waals surface area contributed by atoms with E-state index >= 15 is 0 Å². The molecule has 3 aromatic rings. The number of aryl methyl sites for hydroxylation is 1. The highest BCUT2D eigenvalue weighted by molar-refractivity contribution is 5.99. The third-order valence-corrected chi connectivity index (χ3v) is 5.17. The number of fused-ring (bicyclic) bond motifs is 1. The quantitative estimate of drug-likeness (QED) is 0.677. The molecule has 0 spiro atoms. The predicted molar refractivity (Wildman–Crippen MR) is 107 cm³/mol. The molecule has 0 N–H and O–H groups in total. The second kappa shape index (κ2) is 7.54. The maximum absolute atomic E-state index is 13.1. The number of amides is 1. The average molecular weight is 382 g/mol. The second-order valence-electron chi connectivity index (χ2n) is 6.90. The van der Waals surface area contributed by atoms with Crippen LogP contribution in [0, 0.1) is 12.7 Å². The molecule has 0 atom stereocenters. The third-order valence-electron chi connectivity index (χ3n) is 5.17. The van der Waals surface area contributed by atoms with E-state index in [0.29, 0.717) is 44.1 Å². The summed E-state index contributed by atoms with van der Waals surface area (Å²) in [5.41, 5.74) is 2.49. The van der Waals surface area contributed by atoms with E-state index in [2.05, 4.69) is 4.90 Å². The molecular formula is C22H23FN2O3. The summed E-state index contributed by atoms with van der Waals surface area (Å²) in [6.07, 6.45) is 0. The van der Waals surface area contributed by atoms with Crippen molar-refractivity contribution in [3.05, 3.63) is 59.6 Å². The Balaban J connectivity index is 1.49. The van der Waals surface area contributed by atoms with Crippen LogP contribution in [0.15, 0.2) is 46.9 Å². The summed E-state index contributed by atoms with van der Waals surface area (Å²) >= 11 is 0. The lowest BCUT2D eigenvalue weighted by molar-refractivity contribution is 0.0716. The fraction of sp³-hybridized carbons (Fsp3) is 0.318.